The van der Waals surface area contributed by atoms with E-state index in [-0.39, 0.29) is 25.0 Å². The molecule has 196 valence electrons. The molecule has 1 aromatic rings. The van der Waals surface area contributed by atoms with Gasteiger partial charge in [-0.15, -0.1) is 6.58 Å². The van der Waals surface area contributed by atoms with Crippen molar-refractivity contribution in [3.05, 3.63) is 48.6 Å². The number of aliphatic hydroxyl groups excluding tert-OH is 1. The Morgan fingerprint density at radius 3 is 2.69 bits per heavy atom. The van der Waals surface area contributed by atoms with Gasteiger partial charge in [-0.05, 0) is 31.7 Å². The second-order valence-electron chi connectivity index (χ2n) is 9.94. The predicted molar refractivity (Wildman–Crippen MR) is 134 cm³/mol. The van der Waals surface area contributed by atoms with E-state index in [1.54, 1.807) is 17.9 Å². The second-order valence-corrected chi connectivity index (χ2v) is 9.94. The topological polar surface area (TPSA) is 96.4 Å². The highest BCUT2D eigenvalue weighted by molar-refractivity contribution is 5.98. The SMILES string of the molecule is C=CCN(CCCCC)C(=O)C1N([C@H](CO)c2ccccc2)C(=O)[C@@H]2[C@H](C(=O)OCC)[C@@H]3CCC12O3. The van der Waals surface area contributed by atoms with Crippen molar-refractivity contribution >= 4 is 17.8 Å². The summed E-state index contributed by atoms with van der Waals surface area (Å²) in [5.41, 5.74) is -0.395. The summed E-state index contributed by atoms with van der Waals surface area (Å²) in [5, 5.41) is 10.5. The molecule has 2 bridgehead atoms. The molecule has 8 heteroatoms. The van der Waals surface area contributed by atoms with Gasteiger partial charge in [-0.2, -0.15) is 0 Å². The molecule has 0 aromatic heterocycles. The molecule has 0 radical (unpaired) electrons. The van der Waals surface area contributed by atoms with E-state index in [2.05, 4.69) is 13.5 Å². The summed E-state index contributed by atoms with van der Waals surface area (Å²) in [5.74, 6) is -2.58. The number of amides is 2. The maximum atomic E-state index is 14.3. The number of carbonyl (C=O) groups is 3. The smallest absolute Gasteiger partial charge is 0.312 e. The molecule has 3 fully saturated rings. The van der Waals surface area contributed by atoms with Crippen molar-refractivity contribution in [1.82, 2.24) is 9.80 Å². The number of nitrogens with zero attached hydrogens (tertiary/aromatic N) is 2. The number of hydrogen-bond donors (Lipinski definition) is 1. The first-order chi connectivity index (χ1) is 17.4. The summed E-state index contributed by atoms with van der Waals surface area (Å²) < 4.78 is 11.8. The normalized spacial score (nSPS) is 29.2. The zero-order valence-electron chi connectivity index (χ0n) is 21.3. The lowest BCUT2D eigenvalue weighted by Crippen LogP contribution is -2.57. The summed E-state index contributed by atoms with van der Waals surface area (Å²) in [6, 6.07) is 7.54. The van der Waals surface area contributed by atoms with Gasteiger partial charge in [0, 0.05) is 13.1 Å². The number of rotatable bonds is 12. The van der Waals surface area contributed by atoms with E-state index in [1.165, 1.54) is 4.90 Å². The van der Waals surface area contributed by atoms with Crippen molar-refractivity contribution in [2.75, 3.05) is 26.3 Å². The average molecular weight is 499 g/mol. The first-order valence-corrected chi connectivity index (χ1v) is 13.2. The molecule has 0 saturated carbocycles. The van der Waals surface area contributed by atoms with Crippen molar-refractivity contribution in [2.24, 2.45) is 11.8 Å². The third-order valence-corrected chi connectivity index (χ3v) is 7.92. The lowest BCUT2D eigenvalue weighted by atomic mass is 9.70. The van der Waals surface area contributed by atoms with Crippen LogP contribution in [0.4, 0.5) is 0 Å². The third-order valence-electron chi connectivity index (χ3n) is 7.92. The van der Waals surface area contributed by atoms with E-state index in [0.717, 1.165) is 24.8 Å². The van der Waals surface area contributed by atoms with Crippen LogP contribution in [0.1, 0.15) is 57.6 Å². The van der Waals surface area contributed by atoms with Gasteiger partial charge in [0.1, 0.15) is 11.6 Å². The first-order valence-electron chi connectivity index (χ1n) is 13.2. The van der Waals surface area contributed by atoms with Crippen molar-refractivity contribution < 1.29 is 29.0 Å². The molecule has 3 saturated heterocycles. The quantitative estimate of drug-likeness (QED) is 0.270. The fourth-order valence-corrected chi connectivity index (χ4v) is 6.41. The van der Waals surface area contributed by atoms with Gasteiger partial charge in [0.15, 0.2) is 0 Å². The maximum Gasteiger partial charge on any atom is 0.312 e. The number of fused-ring (bicyclic) bond motifs is 1. The number of unbranched alkanes of at least 4 members (excludes halogenated alkanes) is 2. The first kappa shape index (κ1) is 26.4. The van der Waals surface area contributed by atoms with E-state index in [4.69, 9.17) is 9.47 Å². The molecule has 2 unspecified atom stereocenters. The molecule has 0 aliphatic carbocycles. The highest BCUT2D eigenvalue weighted by Gasteiger charge is 2.75. The zero-order valence-corrected chi connectivity index (χ0v) is 21.3. The largest absolute Gasteiger partial charge is 0.466 e. The van der Waals surface area contributed by atoms with E-state index < -0.39 is 41.6 Å². The van der Waals surface area contributed by atoms with Crippen LogP contribution in [0.15, 0.2) is 43.0 Å². The van der Waals surface area contributed by atoms with Crippen LogP contribution in [0.3, 0.4) is 0 Å². The van der Waals surface area contributed by atoms with Crippen LogP contribution in [0.5, 0.6) is 0 Å². The monoisotopic (exact) mass is 498 g/mol. The van der Waals surface area contributed by atoms with Crippen LogP contribution in [0, 0.1) is 11.8 Å². The number of aliphatic hydroxyl groups is 1. The molecule has 1 aromatic carbocycles. The number of esters is 1. The number of hydrogen-bond acceptors (Lipinski definition) is 6. The Morgan fingerprint density at radius 2 is 2.06 bits per heavy atom. The van der Waals surface area contributed by atoms with Crippen LogP contribution in [-0.2, 0) is 23.9 Å². The predicted octanol–water partition coefficient (Wildman–Crippen LogP) is 2.86. The summed E-state index contributed by atoms with van der Waals surface area (Å²) in [6.45, 7) is 8.41. The van der Waals surface area contributed by atoms with Crippen molar-refractivity contribution in [3.63, 3.8) is 0 Å². The summed E-state index contributed by atoms with van der Waals surface area (Å²) >= 11 is 0. The van der Waals surface area contributed by atoms with Crippen molar-refractivity contribution in [1.29, 1.82) is 0 Å². The maximum absolute atomic E-state index is 14.3. The molecule has 3 aliphatic rings. The Kier molecular flexibility index (Phi) is 8.15. The number of benzene rings is 1. The van der Waals surface area contributed by atoms with Gasteiger partial charge in [0.25, 0.3) is 0 Å². The third kappa shape index (κ3) is 4.34. The highest BCUT2D eigenvalue weighted by atomic mass is 16.6. The molecular weight excluding hydrogens is 460 g/mol. The highest BCUT2D eigenvalue weighted by Crippen LogP contribution is 2.60. The van der Waals surface area contributed by atoms with Crippen LogP contribution in [0.25, 0.3) is 0 Å². The Morgan fingerprint density at radius 1 is 1.31 bits per heavy atom. The minimum Gasteiger partial charge on any atom is -0.466 e. The molecule has 1 N–H and O–H groups in total. The van der Waals surface area contributed by atoms with Gasteiger partial charge < -0.3 is 24.4 Å². The summed E-state index contributed by atoms with van der Waals surface area (Å²) in [7, 11) is 0. The van der Waals surface area contributed by atoms with Gasteiger partial charge >= 0.3 is 5.97 Å². The summed E-state index contributed by atoms with van der Waals surface area (Å²) in [4.78, 5) is 44.7. The fourth-order valence-electron chi connectivity index (χ4n) is 6.41. The molecule has 2 amide bonds. The fraction of sp³-hybridized carbons (Fsp3) is 0.607. The molecule has 3 heterocycles. The lowest BCUT2D eigenvalue weighted by molar-refractivity contribution is -0.156. The van der Waals surface area contributed by atoms with E-state index >= 15 is 0 Å². The Bertz CT molecular complexity index is 968. The van der Waals surface area contributed by atoms with Gasteiger partial charge in [-0.3, -0.25) is 14.4 Å². The molecule has 8 nitrogen and oxygen atoms in total. The van der Waals surface area contributed by atoms with Crippen LogP contribution >= 0.6 is 0 Å². The van der Waals surface area contributed by atoms with E-state index in [0.29, 0.717) is 25.9 Å². The molecule has 4 rings (SSSR count). The molecule has 1 spiro atoms. The Hall–Kier alpha value is -2.71. The van der Waals surface area contributed by atoms with E-state index in [9.17, 15) is 19.5 Å². The number of carbonyl (C=O) groups excluding carboxylic acids is 3. The van der Waals surface area contributed by atoms with Crippen molar-refractivity contribution in [3.8, 4) is 0 Å². The Labute approximate surface area is 213 Å². The minimum atomic E-state index is -1.12. The van der Waals surface area contributed by atoms with Gasteiger partial charge in [-0.1, -0.05) is 56.2 Å². The molecule has 36 heavy (non-hydrogen) atoms. The number of likely N-dealkylation sites (tertiary alicyclic amines) is 1. The van der Waals surface area contributed by atoms with E-state index in [1.807, 2.05) is 30.3 Å². The second kappa shape index (κ2) is 11.1. The summed E-state index contributed by atoms with van der Waals surface area (Å²) in [6.07, 6.45) is 5.15. The molecule has 6 atom stereocenters. The minimum absolute atomic E-state index is 0.204. The lowest BCUT2D eigenvalue weighted by Gasteiger charge is -2.39. The van der Waals surface area contributed by atoms with Crippen molar-refractivity contribution in [2.45, 2.75) is 69.7 Å². The Balaban J connectivity index is 1.78. The zero-order chi connectivity index (χ0) is 25.9. The van der Waals surface area contributed by atoms with Gasteiger partial charge in [-0.25, -0.2) is 0 Å². The molecule has 3 aliphatic heterocycles. The van der Waals surface area contributed by atoms with Crippen LogP contribution in [0.2, 0.25) is 0 Å². The van der Waals surface area contributed by atoms with Gasteiger partial charge in [0.05, 0.1) is 37.2 Å². The van der Waals surface area contributed by atoms with Crippen LogP contribution in [-0.4, -0.2) is 76.7 Å². The average Bonchev–Trinajstić information content (AvgIpc) is 3.52. The number of ether oxygens (including phenoxy) is 2. The standard InChI is InChI=1S/C28H38N2O6/c1-4-7-11-17-29(16-5-2)26(33)24-28-15-14-21(36-28)22(27(34)35-6-3)23(28)25(32)30(24)20(18-31)19-12-9-8-10-13-19/h5,8-10,12-13,20-24,31H,2,4,6-7,11,14-18H2,1,3H3/t20-,21+,22-,23+,24?,28?/m1/s1. The van der Waals surface area contributed by atoms with Crippen LogP contribution < -0.4 is 0 Å². The molecular formula is C28H38N2O6. The van der Waals surface area contributed by atoms with Gasteiger partial charge in [0.2, 0.25) is 11.8 Å².